The number of fused-ring (bicyclic) bond motifs is 10. The number of hydrogen-bond acceptors (Lipinski definition) is 25. The number of rotatable bonds is 34. The minimum Gasteiger partial charge on any atom is -0.507 e. The first kappa shape index (κ1) is 117. The average molecular weight is 2080 g/mol. The van der Waals surface area contributed by atoms with Crippen LogP contribution in [0, 0.1) is 42.1 Å². The summed E-state index contributed by atoms with van der Waals surface area (Å²) in [4.78, 5) is 219. The van der Waals surface area contributed by atoms with E-state index in [0.717, 1.165) is 74.9 Å². The highest BCUT2D eigenvalue weighted by molar-refractivity contribution is 14.1. The number of esters is 1. The largest absolute Gasteiger partial charge is 0.507 e. The van der Waals surface area contributed by atoms with Gasteiger partial charge in [-0.15, -0.1) is 0 Å². The number of halogens is 1. The number of carboxylic acids is 3. The summed E-state index contributed by atoms with van der Waals surface area (Å²) in [6.07, 6.45) is -0.612. The molecule has 7 aromatic rings. The van der Waals surface area contributed by atoms with Crippen molar-refractivity contribution in [2.24, 2.45) is 23.5 Å². The molecule has 0 aliphatic carbocycles. The number of hydrogen-bond donors (Lipinski definition) is 12. The number of ether oxygens (including phenoxy) is 4. The number of carbonyl (C=O) groups excluding carboxylic acids is 14. The molecule has 766 valence electrons. The minimum atomic E-state index is -1.36. The first-order chi connectivity index (χ1) is 67.0. The molecule has 2 heterocycles. The van der Waals surface area contributed by atoms with Crippen molar-refractivity contribution in [2.45, 2.75) is 207 Å². The van der Waals surface area contributed by atoms with E-state index in [-0.39, 0.29) is 134 Å². The summed E-state index contributed by atoms with van der Waals surface area (Å²) in [5.41, 5.74) is 15.2. The first-order valence-electron chi connectivity index (χ1n) is 46.2. The van der Waals surface area contributed by atoms with Gasteiger partial charge in [-0.25, -0.2) is 14.4 Å². The molecule has 0 saturated heterocycles. The lowest BCUT2D eigenvalue weighted by Crippen LogP contribution is -2.53. The predicted octanol–water partition coefficient (Wildman–Crippen LogP) is 8.46. The summed E-state index contributed by atoms with van der Waals surface area (Å²) in [5, 5.41) is 72.1. The highest BCUT2D eigenvalue weighted by atomic mass is 127. The first-order valence-corrected chi connectivity index (χ1v) is 47.2. The fourth-order valence-electron chi connectivity index (χ4n) is 15.7. The van der Waals surface area contributed by atoms with Gasteiger partial charge in [0.05, 0.1) is 57.3 Å². The fraction of sp³-hybridized carbons (Fsp3) is 0.433. The number of likely N-dealkylation sites (N-methyl/N-ethyl adjacent to an activating group) is 4. The van der Waals surface area contributed by atoms with Crippen LogP contribution in [0.25, 0.3) is 22.3 Å². The summed E-state index contributed by atoms with van der Waals surface area (Å²) in [5.74, 6) is -11.9. The molecule has 142 heavy (non-hydrogen) atoms. The zero-order valence-electron chi connectivity index (χ0n) is 83.2. The Morgan fingerprint density at radius 3 is 1.50 bits per heavy atom. The average Bonchev–Trinajstić information content (AvgIpc) is 0.787. The SMILES string of the molecule is CCC(=O)N(C)[C@H](CO)C(=O)N[C@H](C)C(=O)CCC(=O)N(C)[C@@H]1C(=O)C[C@@H](C)C(=O)N[C@H](C(=O)O)Cc2ccc(O)c(c2)-c2cc1ccc2O.CCC(=O)N(C)[C@H](COCc1ccccc1)C(=O)N[C@H](C)C(=O)O.COC(=O)[C@H](Cc1ccc(OC)c(C)c1)NC(=O)[C@H](C)CC(=O)[C@@H](C)c1ccc(OC)c(I)c1.Cc1ccc2cc1-c1cc(ccc1C)[C@H](N(C)C(=O)CN)C(=O)C[C@@H](C)C(=O)N[C@H](C(=O)O)C2. The second kappa shape index (κ2) is 55.4. The Bertz CT molecular complexity index is 5740. The van der Waals surface area contributed by atoms with Crippen molar-refractivity contribution in [2.75, 3.05) is 69.3 Å². The van der Waals surface area contributed by atoms with E-state index in [1.54, 1.807) is 41.9 Å². The molecule has 0 aromatic heterocycles. The lowest BCUT2D eigenvalue weighted by atomic mass is 9.87. The number of carbonyl (C=O) groups is 17. The number of amides is 9. The zero-order valence-corrected chi connectivity index (χ0v) is 85.3. The van der Waals surface area contributed by atoms with Gasteiger partial charge in [-0.2, -0.15) is 0 Å². The second-order valence-electron chi connectivity index (χ2n) is 35.2. The van der Waals surface area contributed by atoms with E-state index in [1.807, 2.05) is 131 Å². The molecule has 9 rings (SSSR count). The van der Waals surface area contributed by atoms with Gasteiger partial charge in [-0.1, -0.05) is 133 Å². The number of aliphatic hydroxyl groups is 1. The molecule has 38 heteroatoms. The molecule has 0 unspecified atom stereocenters. The number of phenols is 2. The second-order valence-corrected chi connectivity index (χ2v) is 36.4. The number of Topliss-reactive ketones (excluding diaryl/α,β-unsaturated/α-hetero) is 4. The summed E-state index contributed by atoms with van der Waals surface area (Å²) >= 11 is 2.17. The minimum absolute atomic E-state index is 0.0185. The topological polar surface area (TPSA) is 548 Å². The highest BCUT2D eigenvalue weighted by Gasteiger charge is 2.39. The van der Waals surface area contributed by atoms with Crippen LogP contribution in [0.15, 0.2) is 140 Å². The lowest BCUT2D eigenvalue weighted by Gasteiger charge is -2.29. The molecule has 0 saturated carbocycles. The van der Waals surface area contributed by atoms with Gasteiger partial charge in [0.15, 0.2) is 17.3 Å². The molecule has 2 aliphatic heterocycles. The van der Waals surface area contributed by atoms with Gasteiger partial charge in [0.2, 0.25) is 53.2 Å². The van der Waals surface area contributed by atoms with Gasteiger partial charge >= 0.3 is 23.9 Å². The number of benzene rings is 7. The van der Waals surface area contributed by atoms with Crippen molar-refractivity contribution in [1.82, 2.24) is 46.2 Å². The highest BCUT2D eigenvalue weighted by Crippen LogP contribution is 2.41. The van der Waals surface area contributed by atoms with Crippen molar-refractivity contribution in [3.63, 3.8) is 0 Å². The van der Waals surface area contributed by atoms with E-state index in [0.29, 0.717) is 17.7 Å². The van der Waals surface area contributed by atoms with Crippen LogP contribution in [0.4, 0.5) is 0 Å². The molecule has 0 spiro atoms. The fourth-order valence-corrected chi connectivity index (χ4v) is 16.5. The van der Waals surface area contributed by atoms with Gasteiger partial charge in [-0.05, 0) is 173 Å². The van der Waals surface area contributed by atoms with Gasteiger partial charge in [0.1, 0.15) is 77.1 Å². The van der Waals surface area contributed by atoms with E-state index < -0.39 is 156 Å². The maximum atomic E-state index is 13.9. The summed E-state index contributed by atoms with van der Waals surface area (Å²) in [7, 11) is 10.2. The Balaban J connectivity index is 0.000000299. The molecule has 13 atom stereocenters. The molecule has 0 radical (unpaired) electrons. The Kier molecular flexibility index (Phi) is 45.6. The maximum Gasteiger partial charge on any atom is 0.328 e. The number of aliphatic carboxylic acids is 3. The standard InChI is InChI=1S/C35H44N4O11.C26H32INO6.C26H31N3O5.C17H24N2O5/c1-6-30(45)38(4)25(17-40)34(48)36-19(3)26(41)11-12-31(46)39(5)32-21-8-10-28(43)23(16-21)22-14-20(7-9-27(22)42)15-24(35(49)50)37-33(47)18(2)13-29(32)44;1-15-11-18(7-9-23(15)32-4)13-21(26(31)34-6)28-25(30)16(2)12-22(29)17(3)19-8-10-24(33-5)20(27)14-19;1-14-5-7-17-10-19(14)20-12-18(8-6-15(20)2)24(29(4)23(31)13-27)22(30)9-16(3)25(32)28-21(11-17)26(33)34;1-4-15(20)19(3)14(16(21)18-12(2)17(22)23)11-24-10-13-8-6-5-7-9-13/h7-10,14,16,18-19,24-25,32,40,42-43H,6,11-13,15,17H2,1-5H3,(H,36,48)(H,37,47)(H,49,50);7-11,14,16-17,21H,12-13H2,1-6H3,(H,28,30);5-8,10,12,16,21,24H,9,11,13,27H2,1-4H3,(H,28,32)(H,33,34);5-9,12,14H,4,10-11H2,1-3H3,(H,18,21)(H,22,23)/t18-,19-,24+,25-,32+;16-,17+,21+;16-,21+,24+;12-,14-/m1111/s1. The molecule has 9 amide bonds. The van der Waals surface area contributed by atoms with Gasteiger partial charge in [0.25, 0.3) is 0 Å². The molecule has 37 nitrogen and oxygen atoms in total. The van der Waals surface area contributed by atoms with E-state index in [9.17, 15) is 107 Å². The van der Waals surface area contributed by atoms with Crippen molar-refractivity contribution in [1.29, 1.82) is 0 Å². The van der Waals surface area contributed by atoms with E-state index >= 15 is 0 Å². The van der Waals surface area contributed by atoms with Crippen LogP contribution in [0.1, 0.15) is 174 Å². The van der Waals surface area contributed by atoms with Gasteiger partial charge < -0.3 is 102 Å². The monoisotopic (exact) mass is 2080 g/mol. The van der Waals surface area contributed by atoms with Crippen LogP contribution in [0.5, 0.6) is 23.0 Å². The number of nitrogens with zero attached hydrogens (tertiary/aromatic N) is 4. The number of nitrogens with one attached hydrogen (secondary N) is 5. The smallest absolute Gasteiger partial charge is 0.328 e. The predicted molar refractivity (Wildman–Crippen MR) is 533 cm³/mol. The van der Waals surface area contributed by atoms with Crippen LogP contribution in [-0.2, 0) is 117 Å². The van der Waals surface area contributed by atoms with Crippen LogP contribution in [0.3, 0.4) is 0 Å². The lowest BCUT2D eigenvalue weighted by molar-refractivity contribution is -0.145. The summed E-state index contributed by atoms with van der Waals surface area (Å²) in [6.45, 7) is 17.8. The number of carboxylic acid groups (broad SMARTS) is 3. The summed E-state index contributed by atoms with van der Waals surface area (Å²) in [6, 6.07) is 30.5. The number of methoxy groups -OCH3 is 3. The Morgan fingerprint density at radius 2 is 0.993 bits per heavy atom. The quantitative estimate of drug-likeness (QED) is 0.0133. The molecule has 8 bridgehead atoms. The molecule has 0 fully saturated rings. The van der Waals surface area contributed by atoms with Gasteiger partial charge in [-0.3, -0.25) is 67.1 Å². The number of nitrogens with two attached hydrogens (primary N) is 1. The van der Waals surface area contributed by atoms with E-state index in [1.165, 1.54) is 102 Å². The van der Waals surface area contributed by atoms with E-state index in [2.05, 4.69) is 49.2 Å². The van der Waals surface area contributed by atoms with Crippen molar-refractivity contribution >= 4 is 123 Å². The van der Waals surface area contributed by atoms with E-state index in [4.69, 9.17) is 29.8 Å². The van der Waals surface area contributed by atoms with Crippen LogP contribution >= 0.6 is 22.6 Å². The summed E-state index contributed by atoms with van der Waals surface area (Å²) < 4.78 is 21.9. The number of aromatic hydroxyl groups is 2. The Hall–Kier alpha value is -13.9. The Morgan fingerprint density at radius 1 is 0.514 bits per heavy atom. The van der Waals surface area contributed by atoms with Crippen LogP contribution in [0.2, 0.25) is 0 Å². The van der Waals surface area contributed by atoms with Gasteiger partial charge in [0, 0.05) is 127 Å². The Labute approximate surface area is 839 Å². The van der Waals surface area contributed by atoms with Crippen molar-refractivity contribution in [3.8, 4) is 45.3 Å². The molecule has 13 N–H and O–H groups in total. The number of phenolic OH excluding ortho intramolecular Hbond substituents is 2. The number of aryl methyl sites for hydroxylation is 3. The molecular formula is C104H131IN10O27. The van der Waals surface area contributed by atoms with Crippen molar-refractivity contribution in [3.05, 3.63) is 199 Å². The zero-order chi connectivity index (χ0) is 106. The third-order valence-corrected chi connectivity index (χ3v) is 25.5. The molecular weight excluding hydrogens is 1950 g/mol. The normalized spacial score (nSPS) is 17.0. The molecule has 2 aliphatic rings. The molecule has 7 aromatic carbocycles. The third kappa shape index (κ3) is 32.9. The van der Waals surface area contributed by atoms with Crippen LogP contribution in [-0.4, -0.2) is 262 Å². The number of aliphatic hydroxyl groups excluding tert-OH is 1. The van der Waals surface area contributed by atoms with Crippen molar-refractivity contribution < 1.29 is 131 Å². The third-order valence-electron chi connectivity index (χ3n) is 24.7. The maximum absolute atomic E-state index is 13.9. The number of ketones is 4. The van der Waals surface area contributed by atoms with Crippen LogP contribution < -0.4 is 41.8 Å².